The summed E-state index contributed by atoms with van der Waals surface area (Å²) in [6.45, 7) is 5.18. The van der Waals surface area contributed by atoms with E-state index in [1.807, 2.05) is 39.3 Å². The second-order valence-electron chi connectivity index (χ2n) is 10.2. The van der Waals surface area contributed by atoms with Crippen LogP contribution in [-0.2, 0) is 4.79 Å². The summed E-state index contributed by atoms with van der Waals surface area (Å²) in [5.41, 5.74) is 4.79. The van der Waals surface area contributed by atoms with Crippen LogP contribution >= 0.6 is 11.6 Å². The monoisotopic (exact) mass is 559 g/mol. The molecule has 9 nitrogen and oxygen atoms in total. The normalized spacial score (nSPS) is 12.9. The van der Waals surface area contributed by atoms with Gasteiger partial charge in [0.1, 0.15) is 5.75 Å². The Hall–Kier alpha value is -4.08. The number of hydrogen-bond donors (Lipinski definition) is 2. The fourth-order valence-corrected chi connectivity index (χ4v) is 4.88. The maximum Gasteiger partial charge on any atom is 0.247 e. The highest BCUT2D eigenvalue weighted by molar-refractivity contribution is 6.33. The third kappa shape index (κ3) is 5.76. The molecule has 0 bridgehead atoms. The zero-order valence-corrected chi connectivity index (χ0v) is 24.0. The number of para-hydroxylation sites is 1. The molecule has 0 radical (unpaired) electrons. The number of nitrogens with zero attached hydrogens (tertiary/aromatic N) is 5. The number of hydrogen-bond acceptors (Lipinski definition) is 7. The van der Waals surface area contributed by atoms with Crippen LogP contribution in [0.5, 0.6) is 5.75 Å². The average molecular weight is 560 g/mol. The molecule has 40 heavy (non-hydrogen) atoms. The number of carbonyl (C=O) groups excluding carboxylic acids is 1. The lowest BCUT2D eigenvalue weighted by molar-refractivity contribution is -0.111. The molecule has 1 aliphatic rings. The van der Waals surface area contributed by atoms with Crippen molar-refractivity contribution in [3.05, 3.63) is 66.5 Å². The van der Waals surface area contributed by atoms with E-state index in [-0.39, 0.29) is 5.91 Å². The highest BCUT2D eigenvalue weighted by Gasteiger charge is 2.27. The van der Waals surface area contributed by atoms with Crippen molar-refractivity contribution >= 4 is 51.4 Å². The molecule has 1 saturated carbocycles. The van der Waals surface area contributed by atoms with Crippen LogP contribution in [0.4, 0.5) is 23.0 Å². The van der Waals surface area contributed by atoms with E-state index >= 15 is 0 Å². The number of ether oxygens (including phenoxy) is 1. The Morgan fingerprint density at radius 3 is 2.67 bits per heavy atom. The number of halogens is 1. The van der Waals surface area contributed by atoms with Gasteiger partial charge in [-0.3, -0.25) is 4.79 Å². The maximum absolute atomic E-state index is 12.3. The lowest BCUT2D eigenvalue weighted by Crippen LogP contribution is -2.29. The first-order chi connectivity index (χ1) is 19.3. The van der Waals surface area contributed by atoms with E-state index in [4.69, 9.17) is 21.3 Å². The summed E-state index contributed by atoms with van der Waals surface area (Å²) in [7, 11) is 7.62. The Morgan fingerprint density at radius 1 is 1.20 bits per heavy atom. The van der Waals surface area contributed by atoms with Crippen molar-refractivity contribution < 1.29 is 9.53 Å². The predicted octanol–water partition coefficient (Wildman–Crippen LogP) is 5.96. The molecule has 1 aliphatic carbocycles. The highest BCUT2D eigenvalue weighted by atomic mass is 35.5. The Morgan fingerprint density at radius 2 is 1.98 bits per heavy atom. The first-order valence-electron chi connectivity index (χ1n) is 13.2. The lowest BCUT2D eigenvalue weighted by Gasteiger charge is -2.26. The van der Waals surface area contributed by atoms with Gasteiger partial charge in [0.15, 0.2) is 0 Å². The van der Waals surface area contributed by atoms with Crippen LogP contribution < -0.4 is 20.3 Å². The van der Waals surface area contributed by atoms with Crippen LogP contribution in [0.3, 0.4) is 0 Å². The van der Waals surface area contributed by atoms with Gasteiger partial charge in [-0.25, -0.2) is 9.97 Å². The fourth-order valence-electron chi connectivity index (χ4n) is 4.69. The van der Waals surface area contributed by atoms with Gasteiger partial charge in [0.2, 0.25) is 11.9 Å². The Balaban J connectivity index is 1.53. The molecule has 208 valence electrons. The summed E-state index contributed by atoms with van der Waals surface area (Å²) >= 11 is 6.65. The molecule has 10 heteroatoms. The Bertz CT molecular complexity index is 1560. The highest BCUT2D eigenvalue weighted by Crippen LogP contribution is 2.43. The molecule has 1 amide bonds. The van der Waals surface area contributed by atoms with Gasteiger partial charge < -0.3 is 29.7 Å². The fraction of sp³-hybridized carbons (Fsp3) is 0.300. The van der Waals surface area contributed by atoms with Gasteiger partial charge in [-0.15, -0.1) is 0 Å². The third-order valence-corrected chi connectivity index (χ3v) is 7.26. The molecule has 5 rings (SSSR count). The number of aromatic nitrogens is 3. The standard InChI is InChI=1S/C30H34ClN7O2/c1-6-28(39)33-23-15-24(27(40-5)16-26(23)37(4)14-13-36(2)3)34-30-32-17-22(31)29(35-30)21-18-38(19-11-12-19)25-10-8-7-9-20(21)25/h6-10,15-19H,1,11-14H2,2-5H3,(H,33,39)(H,32,34,35). The minimum atomic E-state index is -0.310. The lowest BCUT2D eigenvalue weighted by atomic mass is 10.1. The Labute approximate surface area is 239 Å². The van der Waals surface area contributed by atoms with Gasteiger partial charge in [-0.2, -0.15) is 0 Å². The second-order valence-corrected chi connectivity index (χ2v) is 10.6. The number of anilines is 4. The third-order valence-electron chi connectivity index (χ3n) is 6.98. The summed E-state index contributed by atoms with van der Waals surface area (Å²) in [6, 6.07) is 12.5. The van der Waals surface area contributed by atoms with Gasteiger partial charge in [-0.05, 0) is 45.1 Å². The van der Waals surface area contributed by atoms with Crippen molar-refractivity contribution in [2.75, 3.05) is 56.9 Å². The molecular weight excluding hydrogens is 526 g/mol. The van der Waals surface area contributed by atoms with Gasteiger partial charge in [-0.1, -0.05) is 36.4 Å². The van der Waals surface area contributed by atoms with Crippen molar-refractivity contribution in [1.82, 2.24) is 19.4 Å². The molecule has 0 saturated heterocycles. The topological polar surface area (TPSA) is 87.5 Å². The first kappa shape index (κ1) is 27.5. The summed E-state index contributed by atoms with van der Waals surface area (Å²) in [6.07, 6.45) is 7.34. The molecule has 2 heterocycles. The van der Waals surface area contributed by atoms with E-state index in [0.29, 0.717) is 39.8 Å². The molecule has 2 aromatic carbocycles. The van der Waals surface area contributed by atoms with Gasteiger partial charge >= 0.3 is 0 Å². The maximum atomic E-state index is 12.3. The molecule has 4 aromatic rings. The summed E-state index contributed by atoms with van der Waals surface area (Å²) in [4.78, 5) is 25.7. The quantitative estimate of drug-likeness (QED) is 0.219. The van der Waals surface area contributed by atoms with Crippen molar-refractivity contribution in [3.63, 3.8) is 0 Å². The van der Waals surface area contributed by atoms with E-state index in [1.165, 1.54) is 24.4 Å². The Kier molecular flexibility index (Phi) is 7.95. The molecule has 0 aliphatic heterocycles. The number of methoxy groups -OCH3 is 1. The molecule has 0 atom stereocenters. The zero-order chi connectivity index (χ0) is 28.4. The molecular formula is C30H34ClN7O2. The van der Waals surface area contributed by atoms with Crippen LogP contribution in [0.1, 0.15) is 18.9 Å². The van der Waals surface area contributed by atoms with Gasteiger partial charge in [0.05, 0.1) is 41.1 Å². The number of nitrogens with one attached hydrogen (secondary N) is 2. The number of amides is 1. The van der Waals surface area contributed by atoms with Crippen molar-refractivity contribution in [1.29, 1.82) is 0 Å². The van der Waals surface area contributed by atoms with Gasteiger partial charge in [0.25, 0.3) is 0 Å². The smallest absolute Gasteiger partial charge is 0.247 e. The molecule has 2 aromatic heterocycles. The number of carbonyl (C=O) groups is 1. The zero-order valence-electron chi connectivity index (χ0n) is 23.2. The van der Waals surface area contributed by atoms with Gasteiger partial charge in [0, 0.05) is 54.9 Å². The summed E-state index contributed by atoms with van der Waals surface area (Å²) in [5, 5.41) is 7.76. The predicted molar refractivity (Wildman–Crippen MR) is 163 cm³/mol. The number of likely N-dealkylation sites (N-methyl/N-ethyl adjacent to an activating group) is 2. The van der Waals surface area contributed by atoms with E-state index in [2.05, 4.69) is 61.0 Å². The number of benzene rings is 2. The first-order valence-corrected chi connectivity index (χ1v) is 13.6. The summed E-state index contributed by atoms with van der Waals surface area (Å²) in [5.74, 6) is 0.625. The van der Waals surface area contributed by atoms with E-state index in [0.717, 1.165) is 29.7 Å². The molecule has 2 N–H and O–H groups in total. The largest absolute Gasteiger partial charge is 0.494 e. The average Bonchev–Trinajstić information content (AvgIpc) is 3.73. The number of rotatable bonds is 11. The van der Waals surface area contributed by atoms with Crippen molar-refractivity contribution in [3.8, 4) is 17.0 Å². The van der Waals surface area contributed by atoms with Crippen LogP contribution in [0.15, 0.2) is 61.4 Å². The minimum absolute atomic E-state index is 0.310. The van der Waals surface area contributed by atoms with E-state index in [9.17, 15) is 4.79 Å². The minimum Gasteiger partial charge on any atom is -0.494 e. The molecule has 0 spiro atoms. The summed E-state index contributed by atoms with van der Waals surface area (Å²) < 4.78 is 8.05. The van der Waals surface area contributed by atoms with Crippen molar-refractivity contribution in [2.24, 2.45) is 0 Å². The van der Waals surface area contributed by atoms with Crippen molar-refractivity contribution in [2.45, 2.75) is 18.9 Å². The number of fused-ring (bicyclic) bond motifs is 1. The van der Waals surface area contributed by atoms with Crippen LogP contribution in [0, 0.1) is 0 Å². The van der Waals surface area contributed by atoms with E-state index < -0.39 is 0 Å². The molecule has 1 fully saturated rings. The SMILES string of the molecule is C=CC(=O)Nc1cc(Nc2ncc(Cl)c(-c3cn(C4CC4)c4ccccc34)n2)c(OC)cc1N(C)CCN(C)C. The van der Waals surface area contributed by atoms with Crippen LogP contribution in [0.2, 0.25) is 5.02 Å². The van der Waals surface area contributed by atoms with E-state index in [1.54, 1.807) is 13.3 Å². The van der Waals surface area contributed by atoms with Crippen LogP contribution in [-0.4, -0.2) is 66.7 Å². The molecule has 0 unspecified atom stereocenters. The second kappa shape index (κ2) is 11.6. The van der Waals surface area contributed by atoms with Crippen LogP contribution in [0.25, 0.3) is 22.2 Å².